The average Bonchev–Trinajstić information content (AvgIpc) is 2.48. The predicted octanol–water partition coefficient (Wildman–Crippen LogP) is 1.77. The molecule has 0 radical (unpaired) electrons. The van der Waals surface area contributed by atoms with Gasteiger partial charge in [0.25, 0.3) is 5.91 Å². The Labute approximate surface area is 121 Å². The van der Waals surface area contributed by atoms with Gasteiger partial charge in [-0.2, -0.15) is 0 Å². The number of amides is 1. The number of nitrogens with two attached hydrogens (primary N) is 1. The van der Waals surface area contributed by atoms with E-state index in [1.54, 1.807) is 0 Å². The SMILES string of the molecule is NC1CCC(NC(=O)c2cc(F)cc3nccnc23)CC1. The highest BCUT2D eigenvalue weighted by atomic mass is 19.1. The summed E-state index contributed by atoms with van der Waals surface area (Å²) in [5.41, 5.74) is 6.89. The van der Waals surface area contributed by atoms with Crippen LogP contribution in [0.15, 0.2) is 24.5 Å². The van der Waals surface area contributed by atoms with E-state index in [0.717, 1.165) is 25.7 Å². The third-order valence-corrected chi connectivity index (χ3v) is 3.89. The monoisotopic (exact) mass is 288 g/mol. The Bertz CT molecular complexity index is 668. The van der Waals surface area contributed by atoms with Crippen molar-refractivity contribution in [2.75, 3.05) is 0 Å². The number of nitrogens with zero attached hydrogens (tertiary/aromatic N) is 2. The van der Waals surface area contributed by atoms with E-state index in [4.69, 9.17) is 5.73 Å². The summed E-state index contributed by atoms with van der Waals surface area (Å²) in [5, 5.41) is 2.95. The van der Waals surface area contributed by atoms with Crippen LogP contribution in [0.3, 0.4) is 0 Å². The number of hydrogen-bond donors (Lipinski definition) is 2. The van der Waals surface area contributed by atoms with Gasteiger partial charge in [-0.15, -0.1) is 0 Å². The average molecular weight is 288 g/mol. The maximum atomic E-state index is 13.6. The topological polar surface area (TPSA) is 80.9 Å². The number of benzene rings is 1. The minimum absolute atomic E-state index is 0.0901. The molecule has 21 heavy (non-hydrogen) atoms. The number of hydrogen-bond acceptors (Lipinski definition) is 4. The third kappa shape index (κ3) is 3.00. The Morgan fingerprint density at radius 3 is 2.67 bits per heavy atom. The van der Waals surface area contributed by atoms with Crippen molar-refractivity contribution >= 4 is 16.9 Å². The first-order valence-electron chi connectivity index (χ1n) is 7.10. The highest BCUT2D eigenvalue weighted by molar-refractivity contribution is 6.04. The molecule has 1 fully saturated rings. The van der Waals surface area contributed by atoms with Gasteiger partial charge in [-0.1, -0.05) is 0 Å². The molecule has 110 valence electrons. The van der Waals surface area contributed by atoms with Crippen LogP contribution in [0.4, 0.5) is 4.39 Å². The molecule has 5 nitrogen and oxygen atoms in total. The van der Waals surface area contributed by atoms with Crippen LogP contribution in [0.5, 0.6) is 0 Å². The fraction of sp³-hybridized carbons (Fsp3) is 0.400. The molecule has 0 bridgehead atoms. The molecule has 0 atom stereocenters. The first-order valence-corrected chi connectivity index (χ1v) is 7.10. The molecule has 1 aliphatic carbocycles. The summed E-state index contributed by atoms with van der Waals surface area (Å²) in [5.74, 6) is -0.792. The molecule has 3 N–H and O–H groups in total. The number of nitrogens with one attached hydrogen (secondary N) is 1. The summed E-state index contributed by atoms with van der Waals surface area (Å²) in [6, 6.07) is 2.80. The van der Waals surface area contributed by atoms with Crippen molar-refractivity contribution < 1.29 is 9.18 Å². The van der Waals surface area contributed by atoms with E-state index in [-0.39, 0.29) is 23.6 Å². The lowest BCUT2D eigenvalue weighted by Gasteiger charge is -2.26. The Morgan fingerprint density at radius 2 is 1.90 bits per heavy atom. The van der Waals surface area contributed by atoms with E-state index >= 15 is 0 Å². The first kappa shape index (κ1) is 13.9. The van der Waals surface area contributed by atoms with E-state index in [2.05, 4.69) is 15.3 Å². The van der Waals surface area contributed by atoms with Crippen molar-refractivity contribution in [1.29, 1.82) is 0 Å². The van der Waals surface area contributed by atoms with Gasteiger partial charge in [0, 0.05) is 30.5 Å². The van der Waals surface area contributed by atoms with Crippen LogP contribution < -0.4 is 11.1 Å². The van der Waals surface area contributed by atoms with Crippen LogP contribution in [0.2, 0.25) is 0 Å². The number of carbonyl (C=O) groups excluding carboxylic acids is 1. The minimum Gasteiger partial charge on any atom is -0.349 e. The van der Waals surface area contributed by atoms with Gasteiger partial charge in [0.2, 0.25) is 0 Å². The second kappa shape index (κ2) is 5.73. The van der Waals surface area contributed by atoms with Crippen molar-refractivity contribution in [3.05, 3.63) is 35.9 Å². The molecule has 0 saturated heterocycles. The molecule has 1 aromatic heterocycles. The van der Waals surface area contributed by atoms with E-state index in [1.807, 2.05) is 0 Å². The van der Waals surface area contributed by atoms with Crippen molar-refractivity contribution in [2.24, 2.45) is 5.73 Å². The zero-order valence-corrected chi connectivity index (χ0v) is 11.6. The van der Waals surface area contributed by atoms with Crippen LogP contribution in [0.25, 0.3) is 11.0 Å². The maximum Gasteiger partial charge on any atom is 0.253 e. The predicted molar refractivity (Wildman–Crippen MR) is 77.2 cm³/mol. The molecule has 1 heterocycles. The molecular formula is C15H17FN4O. The third-order valence-electron chi connectivity index (χ3n) is 3.89. The van der Waals surface area contributed by atoms with Gasteiger partial charge in [0.1, 0.15) is 11.3 Å². The van der Waals surface area contributed by atoms with E-state index in [9.17, 15) is 9.18 Å². The van der Waals surface area contributed by atoms with E-state index in [0.29, 0.717) is 11.0 Å². The quantitative estimate of drug-likeness (QED) is 0.882. The maximum absolute atomic E-state index is 13.6. The fourth-order valence-electron chi connectivity index (χ4n) is 2.74. The highest BCUT2D eigenvalue weighted by Gasteiger charge is 2.22. The summed E-state index contributed by atoms with van der Waals surface area (Å²) in [6.45, 7) is 0. The number of fused-ring (bicyclic) bond motifs is 1. The van der Waals surface area contributed by atoms with Gasteiger partial charge in [0.05, 0.1) is 11.1 Å². The summed E-state index contributed by atoms with van der Waals surface area (Å²) in [6.07, 6.45) is 6.48. The summed E-state index contributed by atoms with van der Waals surface area (Å²) in [7, 11) is 0. The number of rotatable bonds is 2. The van der Waals surface area contributed by atoms with Crippen LogP contribution in [0.1, 0.15) is 36.0 Å². The fourth-order valence-corrected chi connectivity index (χ4v) is 2.74. The number of halogens is 1. The van der Waals surface area contributed by atoms with Crippen molar-refractivity contribution in [1.82, 2.24) is 15.3 Å². The van der Waals surface area contributed by atoms with Gasteiger partial charge in [0.15, 0.2) is 0 Å². The van der Waals surface area contributed by atoms with Gasteiger partial charge in [-0.3, -0.25) is 14.8 Å². The van der Waals surface area contributed by atoms with Gasteiger partial charge >= 0.3 is 0 Å². The van der Waals surface area contributed by atoms with Crippen LogP contribution in [-0.4, -0.2) is 28.0 Å². The number of aromatic nitrogens is 2. The van der Waals surface area contributed by atoms with Crippen LogP contribution >= 0.6 is 0 Å². The molecule has 3 rings (SSSR count). The van der Waals surface area contributed by atoms with E-state index < -0.39 is 5.82 Å². The summed E-state index contributed by atoms with van der Waals surface area (Å²) in [4.78, 5) is 20.6. The van der Waals surface area contributed by atoms with Crippen molar-refractivity contribution in [3.8, 4) is 0 Å². The van der Waals surface area contributed by atoms with Crippen molar-refractivity contribution in [3.63, 3.8) is 0 Å². The smallest absolute Gasteiger partial charge is 0.253 e. The first-order chi connectivity index (χ1) is 10.1. The normalized spacial score (nSPS) is 22.2. The Kier molecular flexibility index (Phi) is 3.79. The Hall–Kier alpha value is -2.08. The summed E-state index contributed by atoms with van der Waals surface area (Å²) < 4.78 is 13.6. The van der Waals surface area contributed by atoms with E-state index in [1.165, 1.54) is 24.5 Å². The van der Waals surface area contributed by atoms with Crippen molar-refractivity contribution in [2.45, 2.75) is 37.8 Å². The molecule has 2 aromatic rings. The van der Waals surface area contributed by atoms with Crippen LogP contribution in [-0.2, 0) is 0 Å². The zero-order chi connectivity index (χ0) is 14.8. The molecular weight excluding hydrogens is 271 g/mol. The minimum atomic E-state index is -0.487. The van der Waals surface area contributed by atoms with Gasteiger partial charge in [-0.25, -0.2) is 4.39 Å². The molecule has 1 amide bonds. The standard InChI is InChI=1S/C15H17FN4O/c16-9-7-12(14-13(8-9)18-5-6-19-14)15(21)20-11-3-1-10(17)2-4-11/h5-8,10-11H,1-4,17H2,(H,20,21). The molecule has 1 aliphatic rings. The molecule has 0 aliphatic heterocycles. The molecule has 0 spiro atoms. The molecule has 1 saturated carbocycles. The second-order valence-corrected chi connectivity index (χ2v) is 5.46. The van der Waals surface area contributed by atoms with Crippen LogP contribution in [0, 0.1) is 5.82 Å². The number of carbonyl (C=O) groups is 1. The molecule has 1 aromatic carbocycles. The lowest BCUT2D eigenvalue weighted by molar-refractivity contribution is 0.0927. The second-order valence-electron chi connectivity index (χ2n) is 5.46. The summed E-state index contributed by atoms with van der Waals surface area (Å²) >= 11 is 0. The van der Waals surface area contributed by atoms with Gasteiger partial charge in [-0.05, 0) is 31.7 Å². The molecule has 0 unspecified atom stereocenters. The lowest BCUT2D eigenvalue weighted by atomic mass is 9.91. The highest BCUT2D eigenvalue weighted by Crippen LogP contribution is 2.20. The molecule has 6 heteroatoms. The lowest BCUT2D eigenvalue weighted by Crippen LogP contribution is -2.40. The Balaban J connectivity index is 1.84. The van der Waals surface area contributed by atoms with Gasteiger partial charge < -0.3 is 11.1 Å². The largest absolute Gasteiger partial charge is 0.349 e. The zero-order valence-electron chi connectivity index (χ0n) is 11.6. The Morgan fingerprint density at radius 1 is 1.19 bits per heavy atom.